The molecule has 1 atom stereocenters. The van der Waals surface area contributed by atoms with Crippen molar-refractivity contribution in [3.8, 4) is 0 Å². The van der Waals surface area contributed by atoms with Gasteiger partial charge in [-0.15, -0.1) is 0 Å². The lowest BCUT2D eigenvalue weighted by molar-refractivity contribution is -0.885. The topological polar surface area (TPSA) is 62.6 Å². The third-order valence-electron chi connectivity index (χ3n) is 3.43. The first-order valence-electron chi connectivity index (χ1n) is 7.70. The number of carbonyl (C=O) groups is 2. The molecule has 0 aliphatic rings. The van der Waals surface area contributed by atoms with Crippen LogP contribution in [-0.4, -0.2) is 25.5 Å². The van der Waals surface area contributed by atoms with Crippen molar-refractivity contribution in [1.29, 1.82) is 0 Å². The highest BCUT2D eigenvalue weighted by molar-refractivity contribution is 6.30. The molecule has 3 N–H and O–H groups in total. The third-order valence-corrected chi connectivity index (χ3v) is 3.68. The molecule has 2 rings (SSSR count). The molecule has 1 unspecified atom stereocenters. The molecule has 0 aliphatic heterocycles. The Bertz CT molecular complexity index is 674. The van der Waals surface area contributed by atoms with E-state index in [1.54, 1.807) is 0 Å². The minimum Gasteiger partial charge on any atom is -0.334 e. The number of hydrogen-bond donors (Lipinski definition) is 3. The second kappa shape index (κ2) is 9.05. The molecule has 2 aromatic rings. The summed E-state index contributed by atoms with van der Waals surface area (Å²) in [5, 5.41) is 5.69. The van der Waals surface area contributed by atoms with E-state index in [1.807, 2.05) is 61.6 Å². The van der Waals surface area contributed by atoms with Crippen LogP contribution in [0.5, 0.6) is 0 Å². The van der Waals surface area contributed by atoms with Crippen LogP contribution in [-0.2, 0) is 17.9 Å². The van der Waals surface area contributed by atoms with Crippen molar-refractivity contribution in [3.05, 3.63) is 70.7 Å². The Kier molecular flexibility index (Phi) is 6.78. The number of likely N-dealkylation sites (N-methyl/N-ethyl adjacent to an activating group) is 1. The Balaban J connectivity index is 1.71. The normalized spacial score (nSPS) is 11.6. The van der Waals surface area contributed by atoms with Gasteiger partial charge in [-0.05, 0) is 17.7 Å². The summed E-state index contributed by atoms with van der Waals surface area (Å²) in [6.45, 7) is 1.27. The highest BCUT2D eigenvalue weighted by atomic mass is 35.5. The van der Waals surface area contributed by atoms with Crippen molar-refractivity contribution in [2.24, 2.45) is 0 Å². The molecule has 0 bridgehead atoms. The smallest absolute Gasteiger partial charge is 0.321 e. The number of urea groups is 1. The van der Waals surface area contributed by atoms with E-state index in [9.17, 15) is 9.59 Å². The van der Waals surface area contributed by atoms with Gasteiger partial charge in [0.1, 0.15) is 6.54 Å². The molecule has 0 aliphatic carbocycles. The van der Waals surface area contributed by atoms with E-state index in [0.717, 1.165) is 16.0 Å². The number of hydrogen-bond acceptors (Lipinski definition) is 2. The first-order valence-corrected chi connectivity index (χ1v) is 8.08. The molecule has 3 amide bonds. The van der Waals surface area contributed by atoms with Gasteiger partial charge in [-0.25, -0.2) is 4.79 Å². The summed E-state index contributed by atoms with van der Waals surface area (Å²) in [7, 11) is 1.90. The molecule has 0 saturated carbocycles. The quantitative estimate of drug-likeness (QED) is 0.740. The van der Waals surface area contributed by atoms with Crippen LogP contribution >= 0.6 is 11.6 Å². The molecule has 0 saturated heterocycles. The lowest BCUT2D eigenvalue weighted by Gasteiger charge is -2.14. The number of carbonyl (C=O) groups excluding carboxylic acids is 2. The van der Waals surface area contributed by atoms with Crippen LogP contribution in [0.4, 0.5) is 4.79 Å². The number of rotatable bonds is 6. The maximum absolute atomic E-state index is 11.9. The summed E-state index contributed by atoms with van der Waals surface area (Å²) in [6, 6.07) is 16.5. The van der Waals surface area contributed by atoms with Gasteiger partial charge >= 0.3 is 6.03 Å². The summed E-state index contributed by atoms with van der Waals surface area (Å²) in [6.07, 6.45) is 0. The SMILES string of the molecule is C[NH+](CC(=O)NC(=O)NCc1ccccc1)Cc1ccc(Cl)cc1. The monoisotopic (exact) mass is 346 g/mol. The summed E-state index contributed by atoms with van der Waals surface area (Å²) >= 11 is 5.85. The van der Waals surface area contributed by atoms with Crippen molar-refractivity contribution < 1.29 is 14.5 Å². The lowest BCUT2D eigenvalue weighted by Crippen LogP contribution is -3.09. The Morgan fingerprint density at radius 2 is 1.67 bits per heavy atom. The van der Waals surface area contributed by atoms with Gasteiger partial charge < -0.3 is 10.2 Å². The molecular weight excluding hydrogens is 326 g/mol. The Morgan fingerprint density at radius 1 is 1.00 bits per heavy atom. The zero-order valence-electron chi connectivity index (χ0n) is 13.5. The van der Waals surface area contributed by atoms with Crippen LogP contribution in [0.15, 0.2) is 54.6 Å². The molecule has 0 fully saturated rings. The molecule has 0 radical (unpaired) electrons. The van der Waals surface area contributed by atoms with Crippen molar-refractivity contribution in [1.82, 2.24) is 10.6 Å². The van der Waals surface area contributed by atoms with E-state index >= 15 is 0 Å². The van der Waals surface area contributed by atoms with Crippen molar-refractivity contribution >= 4 is 23.5 Å². The average molecular weight is 347 g/mol. The van der Waals surface area contributed by atoms with Crippen molar-refractivity contribution in [2.75, 3.05) is 13.6 Å². The van der Waals surface area contributed by atoms with Crippen LogP contribution in [0.25, 0.3) is 0 Å². The summed E-state index contributed by atoms with van der Waals surface area (Å²) in [5.41, 5.74) is 2.06. The van der Waals surface area contributed by atoms with Gasteiger partial charge in [0.25, 0.3) is 5.91 Å². The van der Waals surface area contributed by atoms with Crippen molar-refractivity contribution in [2.45, 2.75) is 13.1 Å². The number of benzene rings is 2. The van der Waals surface area contributed by atoms with E-state index in [-0.39, 0.29) is 12.5 Å². The Hall–Kier alpha value is -2.37. The largest absolute Gasteiger partial charge is 0.334 e. The van der Waals surface area contributed by atoms with Crippen LogP contribution in [0.3, 0.4) is 0 Å². The van der Waals surface area contributed by atoms with Gasteiger partial charge in [0.05, 0.1) is 7.05 Å². The van der Waals surface area contributed by atoms with E-state index < -0.39 is 6.03 Å². The van der Waals surface area contributed by atoms with Crippen LogP contribution < -0.4 is 15.5 Å². The summed E-state index contributed by atoms with van der Waals surface area (Å²) in [5.74, 6) is -0.313. The van der Waals surface area contributed by atoms with Crippen molar-refractivity contribution in [3.63, 3.8) is 0 Å². The summed E-state index contributed by atoms with van der Waals surface area (Å²) < 4.78 is 0. The lowest BCUT2D eigenvalue weighted by atomic mass is 10.2. The molecule has 0 heterocycles. The molecular formula is C18H21ClN3O2+. The minimum atomic E-state index is -0.483. The fourth-order valence-electron chi connectivity index (χ4n) is 2.28. The van der Waals surface area contributed by atoms with Crippen LogP contribution in [0, 0.1) is 0 Å². The van der Waals surface area contributed by atoms with Crippen LogP contribution in [0.2, 0.25) is 5.02 Å². The predicted molar refractivity (Wildman–Crippen MR) is 93.7 cm³/mol. The average Bonchev–Trinajstić information content (AvgIpc) is 2.56. The van der Waals surface area contributed by atoms with Gasteiger partial charge in [-0.2, -0.15) is 0 Å². The number of halogens is 1. The van der Waals surface area contributed by atoms with Gasteiger partial charge in [-0.3, -0.25) is 10.1 Å². The number of imide groups is 1. The molecule has 0 aromatic heterocycles. The van der Waals surface area contributed by atoms with Gasteiger partial charge in [0, 0.05) is 17.1 Å². The minimum absolute atomic E-state index is 0.210. The number of amides is 3. The van der Waals surface area contributed by atoms with E-state index in [0.29, 0.717) is 18.1 Å². The summed E-state index contributed by atoms with van der Waals surface area (Å²) in [4.78, 5) is 24.6. The fraction of sp³-hybridized carbons (Fsp3) is 0.222. The maximum atomic E-state index is 11.9. The maximum Gasteiger partial charge on any atom is 0.321 e. The molecule has 24 heavy (non-hydrogen) atoms. The van der Waals surface area contributed by atoms with E-state index in [2.05, 4.69) is 10.6 Å². The zero-order chi connectivity index (χ0) is 17.4. The second-order valence-electron chi connectivity index (χ2n) is 5.65. The fourth-order valence-corrected chi connectivity index (χ4v) is 2.41. The highest BCUT2D eigenvalue weighted by Gasteiger charge is 2.13. The van der Waals surface area contributed by atoms with Crippen LogP contribution in [0.1, 0.15) is 11.1 Å². The number of quaternary nitrogens is 1. The van der Waals surface area contributed by atoms with Gasteiger partial charge in [-0.1, -0.05) is 54.1 Å². The Morgan fingerprint density at radius 3 is 2.33 bits per heavy atom. The molecule has 5 nitrogen and oxygen atoms in total. The molecule has 6 heteroatoms. The first-order chi connectivity index (χ1) is 11.5. The first kappa shape index (κ1) is 18.0. The third kappa shape index (κ3) is 6.40. The molecule has 126 valence electrons. The molecule has 2 aromatic carbocycles. The zero-order valence-corrected chi connectivity index (χ0v) is 14.3. The second-order valence-corrected chi connectivity index (χ2v) is 6.09. The van der Waals surface area contributed by atoms with Gasteiger partial charge in [0.2, 0.25) is 0 Å². The van der Waals surface area contributed by atoms with E-state index in [4.69, 9.17) is 11.6 Å². The van der Waals surface area contributed by atoms with Gasteiger partial charge in [0.15, 0.2) is 6.54 Å². The Labute approximate surface area is 146 Å². The highest BCUT2D eigenvalue weighted by Crippen LogP contribution is 2.08. The standard InChI is InChI=1S/C18H20ClN3O2/c1-22(12-15-7-9-16(19)10-8-15)13-17(23)21-18(24)20-11-14-5-3-2-4-6-14/h2-10H,11-13H2,1H3,(H2,20,21,23,24)/p+1. The number of nitrogens with one attached hydrogen (secondary N) is 3. The molecule has 0 spiro atoms. The predicted octanol–water partition coefficient (Wildman–Crippen LogP) is 1.38. The van der Waals surface area contributed by atoms with E-state index in [1.165, 1.54) is 0 Å².